The monoisotopic (exact) mass is 519 g/mol. The van der Waals surface area contributed by atoms with Crippen molar-refractivity contribution in [1.29, 1.82) is 0 Å². The number of nitrogen functional groups attached to an aromatic ring is 1. The van der Waals surface area contributed by atoms with E-state index in [0.717, 1.165) is 37.0 Å². The molecule has 38 heavy (non-hydrogen) atoms. The van der Waals surface area contributed by atoms with Gasteiger partial charge in [-0.3, -0.25) is 9.78 Å². The first-order chi connectivity index (χ1) is 18.3. The minimum Gasteiger partial charge on any atom is -0.465 e. The Bertz CT molecular complexity index is 1350. The average molecular weight is 520 g/mol. The minimum absolute atomic E-state index is 0.0827. The number of ether oxygens (including phenoxy) is 1. The van der Waals surface area contributed by atoms with E-state index in [1.165, 1.54) is 6.20 Å². The molecule has 2 fully saturated rings. The zero-order valence-electron chi connectivity index (χ0n) is 21.2. The third kappa shape index (κ3) is 4.75. The molecule has 2 aromatic heterocycles. The Morgan fingerprint density at radius 2 is 1.97 bits per heavy atom. The molecule has 4 heterocycles. The quantitative estimate of drug-likeness (QED) is 0.295. The molecule has 11 heteroatoms. The lowest BCUT2D eigenvalue weighted by Crippen LogP contribution is -2.68. The smallest absolute Gasteiger partial charge is 0.405 e. The molecule has 0 bridgehead atoms. The van der Waals surface area contributed by atoms with E-state index in [2.05, 4.69) is 32.0 Å². The number of nitrogens with zero attached hydrogens (tertiary/aromatic N) is 2. The van der Waals surface area contributed by atoms with Crippen LogP contribution in [0.3, 0.4) is 0 Å². The van der Waals surface area contributed by atoms with Gasteiger partial charge in [0.05, 0.1) is 28.6 Å². The highest BCUT2D eigenvalue weighted by Crippen LogP contribution is 2.38. The van der Waals surface area contributed by atoms with Crippen molar-refractivity contribution < 1.29 is 19.4 Å². The van der Waals surface area contributed by atoms with Gasteiger partial charge in [-0.05, 0) is 48.4 Å². The van der Waals surface area contributed by atoms with Gasteiger partial charge in [0.15, 0.2) is 5.69 Å². The Morgan fingerprint density at radius 3 is 2.71 bits per heavy atom. The first-order valence-electron chi connectivity index (χ1n) is 12.8. The van der Waals surface area contributed by atoms with E-state index in [1.54, 1.807) is 18.3 Å². The number of hydrogen-bond acceptors (Lipinski definition) is 8. The van der Waals surface area contributed by atoms with E-state index in [9.17, 15) is 14.7 Å². The van der Waals surface area contributed by atoms with E-state index >= 15 is 0 Å². The first-order valence-corrected chi connectivity index (χ1v) is 12.8. The van der Waals surface area contributed by atoms with Crippen molar-refractivity contribution in [2.45, 2.75) is 37.3 Å². The van der Waals surface area contributed by atoms with Crippen LogP contribution in [0.5, 0.6) is 0 Å². The number of carboxylic acid groups (broad SMARTS) is 1. The SMILES string of the molecule is C[C@H]1CNC[C@@H](N)[C@@]1(NC(=O)O)c1ccncc1NC(=O)c1nc2cc(C3CCOCC3)ccc2cc1N. The zero-order valence-corrected chi connectivity index (χ0v) is 21.2. The molecule has 3 aromatic rings. The highest BCUT2D eigenvalue weighted by Gasteiger charge is 2.48. The number of piperidine rings is 1. The predicted octanol–water partition coefficient (Wildman–Crippen LogP) is 2.39. The summed E-state index contributed by atoms with van der Waals surface area (Å²) in [6, 6.07) is 8.91. The maximum absolute atomic E-state index is 13.5. The van der Waals surface area contributed by atoms with Crippen LogP contribution in [-0.4, -0.2) is 59.4 Å². The number of benzene rings is 1. The summed E-state index contributed by atoms with van der Waals surface area (Å²) >= 11 is 0. The summed E-state index contributed by atoms with van der Waals surface area (Å²) in [7, 11) is 0. The molecule has 0 unspecified atom stereocenters. The molecule has 0 saturated carbocycles. The second-order valence-electron chi connectivity index (χ2n) is 10.1. The highest BCUT2D eigenvalue weighted by atomic mass is 16.5. The number of fused-ring (bicyclic) bond motifs is 1. The summed E-state index contributed by atoms with van der Waals surface area (Å²) in [4.78, 5) is 34.2. The fourth-order valence-corrected chi connectivity index (χ4v) is 5.77. The van der Waals surface area contributed by atoms with Gasteiger partial charge in [-0.2, -0.15) is 0 Å². The minimum atomic E-state index is -1.20. The lowest BCUT2D eigenvalue weighted by molar-refractivity contribution is 0.0853. The Hall–Kier alpha value is -3.80. The van der Waals surface area contributed by atoms with Crippen LogP contribution >= 0.6 is 0 Å². The standard InChI is InChI=1S/C27H33N7O4/c1-15-12-31-14-23(29)27(15,34-26(36)37)19-4-7-30-13-22(19)33-25(35)24-20(28)10-18-3-2-17(11-21(18)32-24)16-5-8-38-9-6-16/h2-4,7,10-11,13,15-16,23,31,34H,5-6,8-9,12,14,28-29H2,1H3,(H,33,35)(H,36,37)/t15-,23+,27-/m0/s1. The Kier molecular flexibility index (Phi) is 7.15. The molecule has 2 aliphatic rings. The second-order valence-corrected chi connectivity index (χ2v) is 10.1. The summed E-state index contributed by atoms with van der Waals surface area (Å²) in [6.45, 7) is 4.31. The van der Waals surface area contributed by atoms with Crippen molar-refractivity contribution in [3.05, 3.63) is 59.5 Å². The fourth-order valence-electron chi connectivity index (χ4n) is 5.77. The van der Waals surface area contributed by atoms with Gasteiger partial charge >= 0.3 is 6.09 Å². The summed E-state index contributed by atoms with van der Waals surface area (Å²) in [5, 5.41) is 19.3. The number of pyridine rings is 2. The summed E-state index contributed by atoms with van der Waals surface area (Å²) in [5.74, 6) is -0.347. The number of carbonyl (C=O) groups is 2. The Labute approximate surface area is 220 Å². The molecule has 11 nitrogen and oxygen atoms in total. The van der Waals surface area contributed by atoms with Gasteiger partial charge < -0.3 is 37.3 Å². The topological polar surface area (TPSA) is 178 Å². The van der Waals surface area contributed by atoms with Crippen LogP contribution in [-0.2, 0) is 10.3 Å². The molecule has 8 N–H and O–H groups in total. The molecule has 2 amide bonds. The van der Waals surface area contributed by atoms with Crippen LogP contribution in [0, 0.1) is 5.92 Å². The van der Waals surface area contributed by atoms with E-state index in [1.807, 2.05) is 19.1 Å². The van der Waals surface area contributed by atoms with Gasteiger partial charge in [-0.25, -0.2) is 9.78 Å². The fraction of sp³-hybridized carbons (Fsp3) is 0.407. The molecule has 2 saturated heterocycles. The molecule has 1 aromatic carbocycles. The highest BCUT2D eigenvalue weighted by molar-refractivity contribution is 6.08. The number of nitrogens with two attached hydrogens (primary N) is 2. The van der Waals surface area contributed by atoms with Crippen molar-refractivity contribution >= 4 is 34.3 Å². The van der Waals surface area contributed by atoms with Crippen LogP contribution in [0.4, 0.5) is 16.2 Å². The zero-order chi connectivity index (χ0) is 26.9. The number of rotatable bonds is 5. The number of carbonyl (C=O) groups excluding carboxylic acids is 1. The molecule has 0 spiro atoms. The average Bonchev–Trinajstić information content (AvgIpc) is 2.91. The predicted molar refractivity (Wildman–Crippen MR) is 144 cm³/mol. The molecule has 5 rings (SSSR count). The molecular formula is C27H33N7O4. The van der Waals surface area contributed by atoms with Crippen LogP contribution in [0.25, 0.3) is 10.9 Å². The van der Waals surface area contributed by atoms with Crippen molar-refractivity contribution in [2.75, 3.05) is 37.4 Å². The molecule has 200 valence electrons. The van der Waals surface area contributed by atoms with E-state index in [-0.39, 0.29) is 17.3 Å². The van der Waals surface area contributed by atoms with Crippen molar-refractivity contribution in [2.24, 2.45) is 11.7 Å². The largest absolute Gasteiger partial charge is 0.465 e. The number of amides is 2. The third-order valence-corrected chi connectivity index (χ3v) is 7.78. The normalized spacial score (nSPS) is 24.2. The van der Waals surface area contributed by atoms with Crippen molar-refractivity contribution in [1.82, 2.24) is 20.6 Å². The van der Waals surface area contributed by atoms with Gasteiger partial charge in [0.2, 0.25) is 0 Å². The maximum Gasteiger partial charge on any atom is 0.405 e. The van der Waals surface area contributed by atoms with E-state index in [0.29, 0.717) is 35.8 Å². The first kappa shape index (κ1) is 25.8. The van der Waals surface area contributed by atoms with Crippen molar-refractivity contribution in [3.8, 4) is 0 Å². The van der Waals surface area contributed by atoms with Crippen molar-refractivity contribution in [3.63, 3.8) is 0 Å². The van der Waals surface area contributed by atoms with Crippen LogP contribution < -0.4 is 27.4 Å². The number of aromatic nitrogens is 2. The molecular weight excluding hydrogens is 486 g/mol. The number of nitrogens with one attached hydrogen (secondary N) is 3. The summed E-state index contributed by atoms with van der Waals surface area (Å²) in [5.41, 5.74) is 14.6. The number of hydrogen-bond donors (Lipinski definition) is 6. The van der Waals surface area contributed by atoms with E-state index < -0.39 is 23.6 Å². The molecule has 0 aliphatic carbocycles. The van der Waals surface area contributed by atoms with Crippen LogP contribution in [0.2, 0.25) is 0 Å². The summed E-state index contributed by atoms with van der Waals surface area (Å²) < 4.78 is 5.49. The summed E-state index contributed by atoms with van der Waals surface area (Å²) in [6.07, 6.45) is 3.72. The van der Waals surface area contributed by atoms with Crippen LogP contribution in [0.15, 0.2) is 42.7 Å². The van der Waals surface area contributed by atoms with Gasteiger partial charge in [0.25, 0.3) is 5.91 Å². The number of anilines is 2. The van der Waals surface area contributed by atoms with Gasteiger partial charge in [0, 0.05) is 49.5 Å². The lowest BCUT2D eigenvalue weighted by Gasteiger charge is -2.48. The molecule has 3 atom stereocenters. The second kappa shape index (κ2) is 10.5. The molecule has 0 radical (unpaired) electrons. The Balaban J connectivity index is 1.50. The van der Waals surface area contributed by atoms with Gasteiger partial charge in [-0.15, -0.1) is 0 Å². The van der Waals surface area contributed by atoms with E-state index in [4.69, 9.17) is 16.2 Å². The Morgan fingerprint density at radius 1 is 1.18 bits per heavy atom. The van der Waals surface area contributed by atoms with Gasteiger partial charge in [-0.1, -0.05) is 19.1 Å². The molecule has 2 aliphatic heterocycles. The lowest BCUT2D eigenvalue weighted by atomic mass is 9.71. The van der Waals surface area contributed by atoms with Crippen LogP contribution in [0.1, 0.15) is 47.3 Å². The maximum atomic E-state index is 13.5. The third-order valence-electron chi connectivity index (χ3n) is 7.78. The van der Waals surface area contributed by atoms with Gasteiger partial charge in [0.1, 0.15) is 0 Å².